The van der Waals surface area contributed by atoms with Crippen molar-refractivity contribution in [2.24, 2.45) is 0 Å². The number of carbonyl (C=O) groups is 1. The molecule has 0 bridgehead atoms. The molecule has 1 atom stereocenters. The molecule has 134 valence electrons. The summed E-state index contributed by atoms with van der Waals surface area (Å²) in [6, 6.07) is 1.88. The van der Waals surface area contributed by atoms with E-state index in [1.807, 2.05) is 24.8 Å². The van der Waals surface area contributed by atoms with Gasteiger partial charge in [0.15, 0.2) is 0 Å². The molecule has 1 saturated carbocycles. The van der Waals surface area contributed by atoms with Crippen molar-refractivity contribution in [1.29, 1.82) is 0 Å². The lowest BCUT2D eigenvalue weighted by atomic mass is 9.87. The highest BCUT2D eigenvalue weighted by molar-refractivity contribution is 5.92. The summed E-state index contributed by atoms with van der Waals surface area (Å²) in [7, 11) is 0. The average Bonchev–Trinajstić information content (AvgIpc) is 3.35. The molecule has 1 saturated heterocycles. The lowest BCUT2D eigenvalue weighted by Crippen LogP contribution is -2.30. The minimum absolute atomic E-state index is 0.0157. The van der Waals surface area contributed by atoms with Crippen molar-refractivity contribution in [2.45, 2.75) is 70.8 Å². The largest absolute Gasteiger partial charge is 0.361 e. The average molecular weight is 343 g/mol. The lowest BCUT2D eigenvalue weighted by Gasteiger charge is -2.23. The highest BCUT2D eigenvalue weighted by Gasteiger charge is 2.36. The first kappa shape index (κ1) is 16.4. The van der Waals surface area contributed by atoms with Crippen molar-refractivity contribution >= 4 is 5.91 Å². The molecule has 2 aromatic heterocycles. The minimum atomic E-state index is -0.0722. The summed E-state index contributed by atoms with van der Waals surface area (Å²) in [6.07, 6.45) is 7.97. The highest BCUT2D eigenvalue weighted by atomic mass is 16.5. The summed E-state index contributed by atoms with van der Waals surface area (Å²) >= 11 is 0. The first-order valence-electron chi connectivity index (χ1n) is 9.35. The molecule has 0 N–H and O–H groups in total. The number of aromatic nitrogens is 2. The van der Waals surface area contributed by atoms with Crippen LogP contribution < -0.4 is 0 Å². The van der Waals surface area contributed by atoms with Crippen LogP contribution in [0.25, 0.3) is 0 Å². The SMILES string of the molecule is Cc1noc(C)c1[C@H]1CCCN1C(=O)c1cc(C2CCCCC2)no1. The first-order valence-corrected chi connectivity index (χ1v) is 9.35. The van der Waals surface area contributed by atoms with Crippen LogP contribution in [-0.2, 0) is 0 Å². The van der Waals surface area contributed by atoms with E-state index >= 15 is 0 Å². The second-order valence-corrected chi connectivity index (χ2v) is 7.35. The second-order valence-electron chi connectivity index (χ2n) is 7.35. The Morgan fingerprint density at radius 2 is 1.88 bits per heavy atom. The van der Waals surface area contributed by atoms with E-state index in [4.69, 9.17) is 9.05 Å². The molecule has 1 aliphatic heterocycles. The Morgan fingerprint density at radius 1 is 1.08 bits per heavy atom. The molecule has 0 aromatic carbocycles. The van der Waals surface area contributed by atoms with E-state index in [1.165, 1.54) is 19.3 Å². The number of likely N-dealkylation sites (tertiary alicyclic amines) is 1. The van der Waals surface area contributed by atoms with Gasteiger partial charge >= 0.3 is 0 Å². The fraction of sp³-hybridized carbons (Fsp3) is 0.632. The van der Waals surface area contributed by atoms with Crippen molar-refractivity contribution in [3.8, 4) is 0 Å². The highest BCUT2D eigenvalue weighted by Crippen LogP contribution is 2.37. The summed E-state index contributed by atoms with van der Waals surface area (Å²) in [5.74, 6) is 1.52. The van der Waals surface area contributed by atoms with E-state index in [-0.39, 0.29) is 11.9 Å². The molecular weight excluding hydrogens is 318 g/mol. The summed E-state index contributed by atoms with van der Waals surface area (Å²) in [6.45, 7) is 4.57. The predicted molar refractivity (Wildman–Crippen MR) is 91.3 cm³/mol. The van der Waals surface area contributed by atoms with Crippen LogP contribution in [0.3, 0.4) is 0 Å². The molecular formula is C19H25N3O3. The zero-order valence-corrected chi connectivity index (χ0v) is 15.0. The van der Waals surface area contributed by atoms with E-state index in [9.17, 15) is 4.79 Å². The number of carbonyl (C=O) groups excluding carboxylic acids is 1. The maximum absolute atomic E-state index is 13.0. The Labute approximate surface area is 147 Å². The summed E-state index contributed by atoms with van der Waals surface area (Å²) < 4.78 is 10.7. The van der Waals surface area contributed by atoms with Gasteiger partial charge in [0.05, 0.1) is 17.4 Å². The molecule has 1 aliphatic carbocycles. The van der Waals surface area contributed by atoms with Gasteiger partial charge in [0, 0.05) is 24.1 Å². The molecule has 0 unspecified atom stereocenters. The Balaban J connectivity index is 1.55. The van der Waals surface area contributed by atoms with Gasteiger partial charge in [-0.2, -0.15) is 0 Å². The van der Waals surface area contributed by atoms with Gasteiger partial charge in [0.25, 0.3) is 5.91 Å². The van der Waals surface area contributed by atoms with Crippen molar-refractivity contribution in [3.05, 3.63) is 34.5 Å². The third-order valence-electron chi connectivity index (χ3n) is 5.70. The Hall–Kier alpha value is -2.11. The third-order valence-corrected chi connectivity index (χ3v) is 5.70. The Kier molecular flexibility index (Phi) is 4.36. The number of hydrogen-bond acceptors (Lipinski definition) is 5. The zero-order valence-electron chi connectivity index (χ0n) is 15.0. The van der Waals surface area contributed by atoms with E-state index in [0.29, 0.717) is 11.7 Å². The summed E-state index contributed by atoms with van der Waals surface area (Å²) in [4.78, 5) is 14.9. The number of aryl methyl sites for hydroxylation is 2. The fourth-order valence-electron chi connectivity index (χ4n) is 4.40. The first-order chi connectivity index (χ1) is 12.1. The molecule has 1 amide bonds. The van der Waals surface area contributed by atoms with Crippen LogP contribution in [0, 0.1) is 13.8 Å². The lowest BCUT2D eigenvalue weighted by molar-refractivity contribution is 0.0692. The molecule has 4 rings (SSSR count). The number of rotatable bonds is 3. The van der Waals surface area contributed by atoms with Crippen LogP contribution >= 0.6 is 0 Å². The van der Waals surface area contributed by atoms with Crippen LogP contribution in [0.4, 0.5) is 0 Å². The summed E-state index contributed by atoms with van der Waals surface area (Å²) in [5.41, 5.74) is 2.84. The maximum Gasteiger partial charge on any atom is 0.292 e. The quantitative estimate of drug-likeness (QED) is 0.830. The van der Waals surface area contributed by atoms with E-state index in [2.05, 4.69) is 10.3 Å². The number of hydrogen-bond donors (Lipinski definition) is 0. The molecule has 25 heavy (non-hydrogen) atoms. The van der Waals surface area contributed by atoms with E-state index in [0.717, 1.165) is 54.9 Å². The van der Waals surface area contributed by atoms with Gasteiger partial charge in [-0.25, -0.2) is 0 Å². The maximum atomic E-state index is 13.0. The zero-order chi connectivity index (χ0) is 17.4. The topological polar surface area (TPSA) is 72.4 Å². The Bertz CT molecular complexity index is 738. The van der Waals surface area contributed by atoms with Gasteiger partial charge in [0.1, 0.15) is 5.76 Å². The van der Waals surface area contributed by atoms with Crippen LogP contribution in [0.15, 0.2) is 15.1 Å². The second kappa shape index (κ2) is 6.65. The van der Waals surface area contributed by atoms with Crippen LogP contribution in [0.2, 0.25) is 0 Å². The van der Waals surface area contributed by atoms with Crippen LogP contribution in [0.5, 0.6) is 0 Å². The van der Waals surface area contributed by atoms with Gasteiger partial charge in [-0.05, 0) is 39.5 Å². The summed E-state index contributed by atoms with van der Waals surface area (Å²) in [5, 5.41) is 8.25. The third kappa shape index (κ3) is 2.98. The van der Waals surface area contributed by atoms with Crippen LogP contribution in [-0.4, -0.2) is 27.7 Å². The van der Waals surface area contributed by atoms with Gasteiger partial charge in [0.2, 0.25) is 5.76 Å². The standard InChI is InChI=1S/C19H25N3O3/c1-12-18(13(2)24-20-12)16-9-6-10-22(16)19(23)17-11-15(21-25-17)14-7-4-3-5-8-14/h11,14,16H,3-10H2,1-2H3/t16-/m1/s1. The van der Waals surface area contributed by atoms with Crippen LogP contribution in [0.1, 0.15) is 90.2 Å². The van der Waals surface area contributed by atoms with Crippen molar-refractivity contribution in [2.75, 3.05) is 6.54 Å². The number of nitrogens with zero attached hydrogens (tertiary/aromatic N) is 3. The fourth-order valence-corrected chi connectivity index (χ4v) is 4.40. The normalized spacial score (nSPS) is 21.8. The molecule has 6 heteroatoms. The molecule has 2 aliphatic rings. The minimum Gasteiger partial charge on any atom is -0.361 e. The van der Waals surface area contributed by atoms with E-state index in [1.54, 1.807) is 0 Å². The number of amides is 1. The van der Waals surface area contributed by atoms with Gasteiger partial charge < -0.3 is 13.9 Å². The smallest absolute Gasteiger partial charge is 0.292 e. The van der Waals surface area contributed by atoms with E-state index < -0.39 is 0 Å². The molecule has 3 heterocycles. The van der Waals surface area contributed by atoms with Crippen molar-refractivity contribution in [1.82, 2.24) is 15.2 Å². The van der Waals surface area contributed by atoms with Crippen molar-refractivity contribution in [3.63, 3.8) is 0 Å². The monoisotopic (exact) mass is 343 g/mol. The molecule has 0 spiro atoms. The molecule has 2 aromatic rings. The molecule has 2 fully saturated rings. The predicted octanol–water partition coefficient (Wildman–Crippen LogP) is 4.30. The van der Waals surface area contributed by atoms with Gasteiger partial charge in [-0.15, -0.1) is 0 Å². The molecule has 0 radical (unpaired) electrons. The van der Waals surface area contributed by atoms with Gasteiger partial charge in [-0.3, -0.25) is 4.79 Å². The van der Waals surface area contributed by atoms with Gasteiger partial charge in [-0.1, -0.05) is 29.6 Å². The van der Waals surface area contributed by atoms with Crippen molar-refractivity contribution < 1.29 is 13.8 Å². The Morgan fingerprint density at radius 3 is 2.60 bits per heavy atom. The molecule has 6 nitrogen and oxygen atoms in total.